The predicted octanol–water partition coefficient (Wildman–Crippen LogP) is 2.10. The molecule has 0 aromatic rings. The Bertz CT molecular complexity index is 367. The van der Waals surface area contributed by atoms with Gasteiger partial charge in [0.1, 0.15) is 0 Å². The molecule has 0 amide bonds. The lowest BCUT2D eigenvalue weighted by Crippen LogP contribution is -2.21. The van der Waals surface area contributed by atoms with Gasteiger partial charge in [-0.2, -0.15) is 0 Å². The van der Waals surface area contributed by atoms with Gasteiger partial charge in [0.25, 0.3) is 0 Å². The highest BCUT2D eigenvalue weighted by atomic mass is 16.2. The monoisotopic (exact) mass is 218 g/mol. The normalized spacial score (nSPS) is 39.3. The van der Waals surface area contributed by atoms with Gasteiger partial charge in [0, 0.05) is 12.5 Å². The Balaban J connectivity index is 1.70. The molecule has 0 saturated heterocycles. The van der Waals surface area contributed by atoms with Crippen molar-refractivity contribution in [1.29, 1.82) is 0 Å². The molecule has 86 valence electrons. The topological polar surface area (TPSA) is 37.3 Å². The van der Waals surface area contributed by atoms with E-state index in [4.69, 9.17) is 5.11 Å². The molecule has 0 heterocycles. The summed E-state index contributed by atoms with van der Waals surface area (Å²) in [7, 11) is 0. The van der Waals surface area contributed by atoms with Crippen LogP contribution in [0.5, 0.6) is 0 Å². The molecular formula is C14H18O2. The largest absolute Gasteiger partial charge is 0.396 e. The highest BCUT2D eigenvalue weighted by Gasteiger charge is 2.50. The van der Waals surface area contributed by atoms with Crippen LogP contribution in [0.4, 0.5) is 0 Å². The van der Waals surface area contributed by atoms with E-state index in [0.29, 0.717) is 23.5 Å². The number of ketones is 1. The average molecular weight is 218 g/mol. The van der Waals surface area contributed by atoms with Gasteiger partial charge >= 0.3 is 0 Å². The zero-order valence-corrected chi connectivity index (χ0v) is 9.43. The van der Waals surface area contributed by atoms with Crippen LogP contribution in [-0.4, -0.2) is 17.5 Å². The number of carbonyl (C=O) groups is 1. The van der Waals surface area contributed by atoms with E-state index in [9.17, 15) is 4.79 Å². The van der Waals surface area contributed by atoms with E-state index in [1.54, 1.807) is 0 Å². The van der Waals surface area contributed by atoms with Crippen molar-refractivity contribution >= 4 is 5.78 Å². The van der Waals surface area contributed by atoms with Crippen LogP contribution < -0.4 is 0 Å². The van der Waals surface area contributed by atoms with E-state index >= 15 is 0 Å². The molecule has 3 aliphatic carbocycles. The van der Waals surface area contributed by atoms with Gasteiger partial charge in [-0.15, -0.1) is 0 Å². The zero-order valence-electron chi connectivity index (χ0n) is 9.43. The lowest BCUT2D eigenvalue weighted by molar-refractivity contribution is -0.119. The van der Waals surface area contributed by atoms with Gasteiger partial charge in [-0.3, -0.25) is 4.79 Å². The average Bonchev–Trinajstić information content (AvgIpc) is 2.93. The molecule has 1 fully saturated rings. The van der Waals surface area contributed by atoms with Gasteiger partial charge in [0.2, 0.25) is 0 Å². The molecule has 3 aliphatic rings. The number of unbranched alkanes of at least 4 members (excludes halogenated alkanes) is 1. The third kappa shape index (κ3) is 1.40. The molecule has 0 aliphatic heterocycles. The van der Waals surface area contributed by atoms with Gasteiger partial charge in [0.05, 0.1) is 0 Å². The smallest absolute Gasteiger partial charge is 0.162 e. The standard InChI is InChI=1S/C14H18O2/c15-6-2-1-3-11-8-12-9-4-5-10(7-9)13(12)14(11)16/h4-5,8-10,12-13,15H,1-3,6-7H2/t9-,10+,12+,13-/m1/s1. The van der Waals surface area contributed by atoms with Gasteiger partial charge in [-0.1, -0.05) is 18.2 Å². The van der Waals surface area contributed by atoms with Crippen LogP contribution in [0.1, 0.15) is 25.7 Å². The summed E-state index contributed by atoms with van der Waals surface area (Å²) in [5.74, 6) is 2.34. The second-order valence-corrected chi connectivity index (χ2v) is 5.29. The molecule has 2 nitrogen and oxygen atoms in total. The summed E-state index contributed by atoms with van der Waals surface area (Å²) in [6.07, 6.45) is 10.6. The van der Waals surface area contributed by atoms with E-state index in [1.165, 1.54) is 6.42 Å². The van der Waals surface area contributed by atoms with Crippen molar-refractivity contribution in [1.82, 2.24) is 0 Å². The molecule has 1 saturated carbocycles. The summed E-state index contributed by atoms with van der Waals surface area (Å²) < 4.78 is 0. The number of hydrogen-bond acceptors (Lipinski definition) is 2. The van der Waals surface area contributed by atoms with Crippen LogP contribution in [0.15, 0.2) is 23.8 Å². The van der Waals surface area contributed by atoms with Gasteiger partial charge in [-0.25, -0.2) is 0 Å². The van der Waals surface area contributed by atoms with Crippen molar-refractivity contribution < 1.29 is 9.90 Å². The summed E-state index contributed by atoms with van der Waals surface area (Å²) in [4.78, 5) is 12.2. The maximum atomic E-state index is 12.2. The molecule has 0 aromatic carbocycles. The Morgan fingerprint density at radius 3 is 2.81 bits per heavy atom. The zero-order chi connectivity index (χ0) is 11.1. The Hall–Kier alpha value is -0.890. The first-order chi connectivity index (χ1) is 7.81. The minimum Gasteiger partial charge on any atom is -0.396 e. The van der Waals surface area contributed by atoms with Crippen molar-refractivity contribution in [2.75, 3.05) is 6.61 Å². The molecule has 4 atom stereocenters. The fraction of sp³-hybridized carbons (Fsp3) is 0.643. The van der Waals surface area contributed by atoms with Crippen LogP contribution >= 0.6 is 0 Å². The highest BCUT2D eigenvalue weighted by Crippen LogP contribution is 2.53. The minimum absolute atomic E-state index is 0.237. The third-order valence-electron chi connectivity index (χ3n) is 4.39. The molecule has 0 aromatic heterocycles. The van der Waals surface area contributed by atoms with Gasteiger partial charge < -0.3 is 5.11 Å². The van der Waals surface area contributed by atoms with E-state index in [2.05, 4.69) is 18.2 Å². The molecule has 0 spiro atoms. The lowest BCUT2D eigenvalue weighted by atomic mass is 9.85. The number of carbonyl (C=O) groups excluding carboxylic acids is 1. The Morgan fingerprint density at radius 2 is 2.06 bits per heavy atom. The van der Waals surface area contributed by atoms with Crippen LogP contribution in [0.25, 0.3) is 0 Å². The van der Waals surface area contributed by atoms with Crippen molar-refractivity contribution in [3.05, 3.63) is 23.8 Å². The van der Waals surface area contributed by atoms with E-state index in [1.807, 2.05) is 0 Å². The van der Waals surface area contributed by atoms with Crippen molar-refractivity contribution in [2.45, 2.75) is 25.7 Å². The number of aliphatic hydroxyl groups is 1. The summed E-state index contributed by atoms with van der Waals surface area (Å²) in [6.45, 7) is 0.237. The number of aliphatic hydroxyl groups excluding tert-OH is 1. The van der Waals surface area contributed by atoms with Gasteiger partial charge in [0.15, 0.2) is 5.78 Å². The number of Topliss-reactive ketones (excluding diaryl/α,β-unsaturated/α-hetero) is 1. The molecule has 16 heavy (non-hydrogen) atoms. The number of allylic oxidation sites excluding steroid dienone is 4. The van der Waals surface area contributed by atoms with E-state index in [0.717, 1.165) is 24.8 Å². The van der Waals surface area contributed by atoms with E-state index < -0.39 is 0 Å². The Labute approximate surface area is 96.0 Å². The molecule has 3 rings (SSSR count). The Kier molecular flexibility index (Phi) is 2.47. The summed E-state index contributed by atoms with van der Waals surface area (Å²) in [6, 6.07) is 0. The highest BCUT2D eigenvalue weighted by molar-refractivity contribution is 6.00. The first-order valence-corrected chi connectivity index (χ1v) is 6.35. The second-order valence-electron chi connectivity index (χ2n) is 5.29. The molecule has 0 unspecified atom stereocenters. The molecule has 2 heteroatoms. The summed E-state index contributed by atoms with van der Waals surface area (Å²) in [5, 5.41) is 8.75. The molecule has 1 N–H and O–H groups in total. The molecular weight excluding hydrogens is 200 g/mol. The summed E-state index contributed by atoms with van der Waals surface area (Å²) in [5.41, 5.74) is 1.04. The maximum Gasteiger partial charge on any atom is 0.162 e. The van der Waals surface area contributed by atoms with Crippen LogP contribution in [0.2, 0.25) is 0 Å². The molecule has 2 bridgehead atoms. The van der Waals surface area contributed by atoms with Crippen LogP contribution in [0, 0.1) is 23.7 Å². The molecule has 0 radical (unpaired) electrons. The first-order valence-electron chi connectivity index (χ1n) is 6.35. The van der Waals surface area contributed by atoms with Crippen molar-refractivity contribution in [3.63, 3.8) is 0 Å². The maximum absolute atomic E-state index is 12.2. The lowest BCUT2D eigenvalue weighted by Gasteiger charge is -2.17. The SMILES string of the molecule is O=C1C(CCCCO)=C[C@@H]2[C@H]1[C@H]1C=C[C@@H]2C1. The minimum atomic E-state index is 0.237. The van der Waals surface area contributed by atoms with Crippen molar-refractivity contribution in [2.24, 2.45) is 23.7 Å². The third-order valence-corrected chi connectivity index (χ3v) is 4.39. The number of fused-ring (bicyclic) bond motifs is 5. The number of rotatable bonds is 4. The quantitative estimate of drug-likeness (QED) is 0.579. The summed E-state index contributed by atoms with van der Waals surface area (Å²) >= 11 is 0. The van der Waals surface area contributed by atoms with Crippen molar-refractivity contribution in [3.8, 4) is 0 Å². The van der Waals surface area contributed by atoms with Crippen LogP contribution in [-0.2, 0) is 4.79 Å². The van der Waals surface area contributed by atoms with E-state index in [-0.39, 0.29) is 12.5 Å². The van der Waals surface area contributed by atoms with Gasteiger partial charge in [-0.05, 0) is 49.0 Å². The number of hydrogen-bond donors (Lipinski definition) is 1. The fourth-order valence-corrected chi connectivity index (χ4v) is 3.62. The first kappa shape index (κ1) is 10.3. The second kappa shape index (κ2) is 3.85. The van der Waals surface area contributed by atoms with Crippen LogP contribution in [0.3, 0.4) is 0 Å². The fourth-order valence-electron chi connectivity index (χ4n) is 3.62. The predicted molar refractivity (Wildman–Crippen MR) is 61.7 cm³/mol. The Morgan fingerprint density at radius 1 is 1.25 bits per heavy atom.